The largest absolute Gasteiger partial charge is 0.453 e. The number of benzene rings is 6. The van der Waals surface area contributed by atoms with Gasteiger partial charge in [-0.2, -0.15) is 0 Å². The minimum atomic E-state index is 0.447. The lowest BCUT2D eigenvalue weighted by Crippen LogP contribution is -2.02. The van der Waals surface area contributed by atoms with E-state index in [1.54, 1.807) is 0 Å². The molecule has 0 fully saturated rings. The van der Waals surface area contributed by atoms with Crippen molar-refractivity contribution in [3.05, 3.63) is 105 Å². The van der Waals surface area contributed by atoms with Gasteiger partial charge in [-0.1, -0.05) is 83.9 Å². The summed E-state index contributed by atoms with van der Waals surface area (Å²) >= 11 is 39.6. The number of aryl methyl sites for hydroxylation is 4. The van der Waals surface area contributed by atoms with E-state index in [9.17, 15) is 0 Å². The van der Waals surface area contributed by atoms with Crippen molar-refractivity contribution < 1.29 is 4.74 Å². The van der Waals surface area contributed by atoms with E-state index in [-0.39, 0.29) is 0 Å². The molecular weight excluding hydrogens is 661 g/mol. The van der Waals surface area contributed by atoms with Gasteiger partial charge in [0.05, 0.1) is 10.0 Å². The number of rotatable bonds is 10. The molecule has 0 unspecified atom stereocenters. The third-order valence-corrected chi connectivity index (χ3v) is 9.56. The number of halogens is 6. The van der Waals surface area contributed by atoms with E-state index < -0.39 is 0 Å². The summed E-state index contributed by atoms with van der Waals surface area (Å²) in [7, 11) is 0. The van der Waals surface area contributed by atoms with Crippen molar-refractivity contribution in [3.8, 4) is 11.5 Å². The summed E-state index contributed by atoms with van der Waals surface area (Å²) in [6.45, 7) is 0. The number of hydrogen-bond donors (Lipinski definition) is 0. The maximum Gasteiger partial charge on any atom is 0.154 e. The Morgan fingerprint density at radius 1 is 0.395 bits per heavy atom. The summed E-state index contributed by atoms with van der Waals surface area (Å²) in [4.78, 5) is 0. The molecule has 7 heteroatoms. The second-order valence-electron chi connectivity index (χ2n) is 10.5. The van der Waals surface area contributed by atoms with Crippen LogP contribution in [0.15, 0.2) is 72.8 Å². The van der Waals surface area contributed by atoms with Crippen LogP contribution in [0.5, 0.6) is 11.5 Å². The van der Waals surface area contributed by atoms with Gasteiger partial charge in [-0.25, -0.2) is 0 Å². The normalized spacial score (nSPS) is 11.8. The molecule has 0 bridgehead atoms. The van der Waals surface area contributed by atoms with Crippen LogP contribution in [0.3, 0.4) is 0 Å². The van der Waals surface area contributed by atoms with Crippen LogP contribution in [0.1, 0.15) is 22.3 Å². The van der Waals surface area contributed by atoms with Crippen molar-refractivity contribution in [1.82, 2.24) is 0 Å². The minimum Gasteiger partial charge on any atom is -0.453 e. The molecule has 6 aromatic rings. The van der Waals surface area contributed by atoms with Crippen LogP contribution < -0.4 is 4.74 Å². The van der Waals surface area contributed by atoms with Crippen molar-refractivity contribution in [3.63, 3.8) is 0 Å². The quantitative estimate of drug-likeness (QED) is 0.103. The van der Waals surface area contributed by atoms with Crippen LogP contribution in [-0.2, 0) is 25.7 Å². The molecular formula is C36H28Cl6O. The summed E-state index contributed by atoms with van der Waals surface area (Å²) in [6, 6.07) is 24.7. The van der Waals surface area contributed by atoms with Crippen LogP contribution in [-0.4, -0.2) is 23.5 Å². The molecule has 0 aliphatic rings. The van der Waals surface area contributed by atoms with Gasteiger partial charge in [-0.3, -0.25) is 0 Å². The van der Waals surface area contributed by atoms with Gasteiger partial charge < -0.3 is 4.74 Å². The highest BCUT2D eigenvalue weighted by Gasteiger charge is 2.24. The predicted molar refractivity (Wildman–Crippen MR) is 191 cm³/mol. The fourth-order valence-corrected chi connectivity index (χ4v) is 7.68. The second kappa shape index (κ2) is 13.5. The summed E-state index contributed by atoms with van der Waals surface area (Å²) in [6.07, 6.45) is 2.68. The molecule has 0 saturated carbocycles. The standard InChI is InChI=1S/C36H28Cl6O/c37-17-13-25-21-5-1-3-7-23(21)29(15-19-39)33-27(25)9-11-31(41)35(33)43-36-32(42)12-10-28-26(14-18-38)22-6-2-4-8-24(22)30(16-20-40)34(28)36/h1-12H,13-20H2. The SMILES string of the molecule is ClCCc1c2ccccc2c(CCCl)c2c(Oc3c(Cl)ccc4c(CCCl)c5ccccc5c(CCCl)c34)c(Cl)ccc12. The molecule has 0 aliphatic heterocycles. The minimum absolute atomic E-state index is 0.447. The van der Waals surface area contributed by atoms with Gasteiger partial charge >= 0.3 is 0 Å². The molecule has 6 rings (SSSR count). The van der Waals surface area contributed by atoms with Crippen molar-refractivity contribution in [1.29, 1.82) is 0 Å². The Hall–Kier alpha value is -2.10. The van der Waals surface area contributed by atoms with Gasteiger partial charge in [0, 0.05) is 34.3 Å². The van der Waals surface area contributed by atoms with Crippen LogP contribution in [0.25, 0.3) is 43.1 Å². The molecule has 0 saturated heterocycles. The molecule has 1 nitrogen and oxygen atoms in total. The molecule has 0 N–H and O–H groups in total. The summed E-state index contributed by atoms with van der Waals surface area (Å²) in [5.74, 6) is 2.98. The van der Waals surface area contributed by atoms with Crippen LogP contribution >= 0.6 is 69.6 Å². The van der Waals surface area contributed by atoms with Crippen molar-refractivity contribution in [2.75, 3.05) is 23.5 Å². The Bertz CT molecular complexity index is 1840. The highest BCUT2D eigenvalue weighted by Crippen LogP contribution is 2.48. The lowest BCUT2D eigenvalue weighted by atomic mass is 9.88. The molecule has 0 spiro atoms. The molecule has 0 atom stereocenters. The van der Waals surface area contributed by atoms with Crippen LogP contribution in [0.2, 0.25) is 10.0 Å². The second-order valence-corrected chi connectivity index (χ2v) is 12.8. The van der Waals surface area contributed by atoms with Crippen molar-refractivity contribution in [2.45, 2.75) is 25.7 Å². The Labute approximate surface area is 281 Å². The van der Waals surface area contributed by atoms with E-state index in [0.717, 1.165) is 65.3 Å². The third kappa shape index (κ3) is 5.52. The molecule has 0 aliphatic carbocycles. The van der Waals surface area contributed by atoms with Gasteiger partial charge in [0.15, 0.2) is 11.5 Å². The molecule has 0 radical (unpaired) electrons. The zero-order chi connectivity index (χ0) is 30.1. The number of ether oxygens (including phenoxy) is 1. The number of alkyl halides is 4. The predicted octanol–water partition coefficient (Wildman–Crippen LogP) is 12.5. The van der Waals surface area contributed by atoms with Crippen molar-refractivity contribution >= 4 is 113 Å². The van der Waals surface area contributed by atoms with E-state index >= 15 is 0 Å². The van der Waals surface area contributed by atoms with E-state index in [2.05, 4.69) is 48.5 Å². The number of fused-ring (bicyclic) bond motifs is 4. The molecule has 220 valence electrons. The highest BCUT2D eigenvalue weighted by molar-refractivity contribution is 6.35. The maximum absolute atomic E-state index is 7.02. The topological polar surface area (TPSA) is 9.23 Å². The smallest absolute Gasteiger partial charge is 0.154 e. The Balaban J connectivity index is 1.73. The first-order chi connectivity index (χ1) is 21.0. The van der Waals surface area contributed by atoms with Gasteiger partial charge in [-0.05, 0) is 92.4 Å². The first-order valence-electron chi connectivity index (χ1n) is 14.2. The first-order valence-corrected chi connectivity index (χ1v) is 17.1. The molecule has 0 aromatic heterocycles. The molecule has 43 heavy (non-hydrogen) atoms. The van der Waals surface area contributed by atoms with Gasteiger partial charge in [0.2, 0.25) is 0 Å². The van der Waals surface area contributed by atoms with Crippen LogP contribution in [0, 0.1) is 0 Å². The summed E-state index contributed by atoms with van der Waals surface area (Å²) in [5.41, 5.74) is 4.48. The van der Waals surface area contributed by atoms with Crippen molar-refractivity contribution in [2.24, 2.45) is 0 Å². The molecule has 0 amide bonds. The maximum atomic E-state index is 7.02. The van der Waals surface area contributed by atoms with E-state index in [1.165, 1.54) is 0 Å². The summed E-state index contributed by atoms with van der Waals surface area (Å²) in [5, 5.41) is 9.49. The Morgan fingerprint density at radius 3 is 1.07 bits per heavy atom. The van der Waals surface area contributed by atoms with Crippen LogP contribution in [0.4, 0.5) is 0 Å². The zero-order valence-corrected chi connectivity index (χ0v) is 27.8. The molecule has 0 heterocycles. The van der Waals surface area contributed by atoms with E-state index in [4.69, 9.17) is 74.3 Å². The van der Waals surface area contributed by atoms with E-state index in [1.807, 2.05) is 24.3 Å². The van der Waals surface area contributed by atoms with Gasteiger partial charge in [0.1, 0.15) is 0 Å². The van der Waals surface area contributed by atoms with E-state index in [0.29, 0.717) is 70.7 Å². The average molecular weight is 689 g/mol. The fraction of sp³-hybridized carbons (Fsp3) is 0.222. The number of hydrogen-bond acceptors (Lipinski definition) is 1. The lowest BCUT2D eigenvalue weighted by Gasteiger charge is -2.22. The van der Waals surface area contributed by atoms with Gasteiger partial charge in [-0.15, -0.1) is 46.4 Å². The monoisotopic (exact) mass is 686 g/mol. The van der Waals surface area contributed by atoms with Gasteiger partial charge in [0.25, 0.3) is 0 Å². The lowest BCUT2D eigenvalue weighted by molar-refractivity contribution is 0.494. The molecule has 6 aromatic carbocycles. The Morgan fingerprint density at radius 2 is 0.721 bits per heavy atom. The first kappa shape index (κ1) is 30.9. The summed E-state index contributed by atoms with van der Waals surface area (Å²) < 4.78 is 6.99. The highest BCUT2D eigenvalue weighted by atomic mass is 35.5. The average Bonchev–Trinajstić information content (AvgIpc) is 3.02. The fourth-order valence-electron chi connectivity index (χ4n) is 6.53. The Kier molecular flexibility index (Phi) is 9.70. The third-order valence-electron chi connectivity index (χ3n) is 8.21. The zero-order valence-electron chi connectivity index (χ0n) is 23.3.